The smallest absolute Gasteiger partial charge is 0.173 e. The standard InChI is InChI=1S/C8H6BrFO.C2H6/c9-5-8(11)6-1-3-7(10)4-2-6;1-2/h1-4H,5H2;1-2H3. The number of halogens is 2. The van der Waals surface area contributed by atoms with E-state index in [4.69, 9.17) is 0 Å². The number of ketones is 1. The Morgan fingerprint density at radius 3 is 2.15 bits per heavy atom. The molecule has 0 aliphatic rings. The molecule has 0 bridgehead atoms. The monoisotopic (exact) mass is 246 g/mol. The number of Topliss-reactive ketones (excluding diaryl/α,β-unsaturated/α-hetero) is 1. The summed E-state index contributed by atoms with van der Waals surface area (Å²) in [5.74, 6) is -0.360. The molecule has 1 nitrogen and oxygen atoms in total. The predicted molar refractivity (Wildman–Crippen MR) is 55.9 cm³/mol. The lowest BCUT2D eigenvalue weighted by molar-refractivity contribution is 0.102. The van der Waals surface area contributed by atoms with E-state index in [-0.39, 0.29) is 16.9 Å². The normalized spacial score (nSPS) is 8.62. The van der Waals surface area contributed by atoms with Crippen LogP contribution in [0.25, 0.3) is 0 Å². The lowest BCUT2D eigenvalue weighted by Gasteiger charge is -1.94. The molecule has 3 heteroatoms. The van der Waals surface area contributed by atoms with Gasteiger partial charge in [-0.15, -0.1) is 0 Å². The van der Waals surface area contributed by atoms with Crippen molar-refractivity contribution >= 4 is 21.7 Å². The number of carbonyl (C=O) groups excluding carboxylic acids is 1. The molecule has 0 spiro atoms. The van der Waals surface area contributed by atoms with Gasteiger partial charge in [0.15, 0.2) is 5.78 Å². The van der Waals surface area contributed by atoms with Crippen molar-refractivity contribution in [2.24, 2.45) is 0 Å². The van der Waals surface area contributed by atoms with Crippen molar-refractivity contribution in [3.8, 4) is 0 Å². The lowest BCUT2D eigenvalue weighted by atomic mass is 10.1. The minimum absolute atomic E-state index is 0.0370. The van der Waals surface area contributed by atoms with Gasteiger partial charge in [-0.3, -0.25) is 4.79 Å². The SMILES string of the molecule is CC.O=C(CBr)c1ccc(F)cc1. The molecular weight excluding hydrogens is 235 g/mol. The van der Waals surface area contributed by atoms with E-state index >= 15 is 0 Å². The first-order valence-corrected chi connectivity index (χ1v) is 5.21. The number of benzene rings is 1. The van der Waals surface area contributed by atoms with Crippen LogP contribution in [0.1, 0.15) is 24.2 Å². The molecule has 0 aliphatic heterocycles. The second kappa shape index (κ2) is 6.78. The lowest BCUT2D eigenvalue weighted by Crippen LogP contribution is -1.98. The maximum Gasteiger partial charge on any atom is 0.173 e. The van der Waals surface area contributed by atoms with Gasteiger partial charge in [0.1, 0.15) is 5.82 Å². The third-order valence-corrected chi connectivity index (χ3v) is 1.80. The average Bonchev–Trinajstić information content (AvgIpc) is 2.21. The van der Waals surface area contributed by atoms with Gasteiger partial charge in [0, 0.05) is 5.56 Å². The summed E-state index contributed by atoms with van der Waals surface area (Å²) < 4.78 is 12.3. The Labute approximate surface area is 86.1 Å². The maximum absolute atomic E-state index is 12.3. The molecule has 0 aliphatic carbocycles. The van der Waals surface area contributed by atoms with Crippen molar-refractivity contribution in [2.75, 3.05) is 5.33 Å². The third-order valence-electron chi connectivity index (χ3n) is 1.29. The molecule has 0 radical (unpaired) electrons. The zero-order valence-corrected chi connectivity index (χ0v) is 9.27. The van der Waals surface area contributed by atoms with Gasteiger partial charge < -0.3 is 0 Å². The number of hydrogen-bond acceptors (Lipinski definition) is 1. The van der Waals surface area contributed by atoms with Crippen LogP contribution < -0.4 is 0 Å². The number of hydrogen-bond donors (Lipinski definition) is 0. The van der Waals surface area contributed by atoms with Crippen LogP contribution in [-0.2, 0) is 0 Å². The Morgan fingerprint density at radius 1 is 1.31 bits per heavy atom. The van der Waals surface area contributed by atoms with Crippen LogP contribution in [0, 0.1) is 5.82 Å². The van der Waals surface area contributed by atoms with Crippen LogP contribution in [0.3, 0.4) is 0 Å². The first-order valence-electron chi connectivity index (χ1n) is 4.09. The van der Waals surface area contributed by atoms with E-state index in [9.17, 15) is 9.18 Å². The summed E-state index contributed by atoms with van der Waals surface area (Å²) in [6.07, 6.45) is 0. The van der Waals surface area contributed by atoms with Gasteiger partial charge in [-0.2, -0.15) is 0 Å². The second-order valence-corrected chi connectivity index (χ2v) is 2.62. The van der Waals surface area contributed by atoms with Gasteiger partial charge in [0.05, 0.1) is 5.33 Å². The number of rotatable bonds is 2. The maximum atomic E-state index is 12.3. The molecule has 1 rings (SSSR count). The van der Waals surface area contributed by atoms with Crippen molar-refractivity contribution in [1.29, 1.82) is 0 Å². The highest BCUT2D eigenvalue weighted by Crippen LogP contribution is 2.04. The Kier molecular flexibility index (Phi) is 6.41. The molecule has 0 amide bonds. The van der Waals surface area contributed by atoms with E-state index in [0.29, 0.717) is 5.56 Å². The van der Waals surface area contributed by atoms with Gasteiger partial charge in [-0.1, -0.05) is 29.8 Å². The zero-order valence-electron chi connectivity index (χ0n) is 7.68. The summed E-state index contributed by atoms with van der Waals surface area (Å²) in [5.41, 5.74) is 0.531. The topological polar surface area (TPSA) is 17.1 Å². The Balaban J connectivity index is 0.000000671. The van der Waals surface area contributed by atoms with Gasteiger partial charge in [0.25, 0.3) is 0 Å². The van der Waals surface area contributed by atoms with Crippen LogP contribution in [0.2, 0.25) is 0 Å². The molecule has 0 saturated carbocycles. The highest BCUT2D eigenvalue weighted by Gasteiger charge is 2.01. The molecule has 13 heavy (non-hydrogen) atoms. The summed E-state index contributed by atoms with van der Waals surface area (Å²) in [4.78, 5) is 11.0. The summed E-state index contributed by atoms with van der Waals surface area (Å²) >= 11 is 3.03. The fraction of sp³-hybridized carbons (Fsp3) is 0.300. The van der Waals surface area contributed by atoms with Crippen LogP contribution >= 0.6 is 15.9 Å². The van der Waals surface area contributed by atoms with E-state index in [1.165, 1.54) is 24.3 Å². The predicted octanol–water partition coefficient (Wildman–Crippen LogP) is 3.43. The molecule has 0 atom stereocenters. The third kappa shape index (κ3) is 4.18. The highest BCUT2D eigenvalue weighted by molar-refractivity contribution is 9.09. The molecule has 0 fully saturated rings. The molecule has 0 unspecified atom stereocenters. The summed E-state index contributed by atoms with van der Waals surface area (Å²) in [7, 11) is 0. The van der Waals surface area contributed by atoms with E-state index in [0.717, 1.165) is 0 Å². The van der Waals surface area contributed by atoms with E-state index in [2.05, 4.69) is 15.9 Å². The molecule has 0 saturated heterocycles. The van der Waals surface area contributed by atoms with Gasteiger partial charge in [0.2, 0.25) is 0 Å². The minimum atomic E-state index is -0.323. The Morgan fingerprint density at radius 2 is 1.77 bits per heavy atom. The summed E-state index contributed by atoms with van der Waals surface area (Å²) in [6.45, 7) is 4.00. The zero-order chi connectivity index (χ0) is 10.3. The fourth-order valence-corrected chi connectivity index (χ4v) is 1.04. The molecule has 0 N–H and O–H groups in total. The van der Waals surface area contributed by atoms with Crippen molar-refractivity contribution in [3.63, 3.8) is 0 Å². The van der Waals surface area contributed by atoms with E-state index < -0.39 is 0 Å². The van der Waals surface area contributed by atoms with Crippen molar-refractivity contribution in [1.82, 2.24) is 0 Å². The highest BCUT2D eigenvalue weighted by atomic mass is 79.9. The minimum Gasteiger partial charge on any atom is -0.293 e. The molecular formula is C10H12BrFO. The van der Waals surface area contributed by atoms with Crippen LogP contribution in [0.5, 0.6) is 0 Å². The first-order chi connectivity index (χ1) is 6.24. The molecule has 1 aromatic carbocycles. The summed E-state index contributed by atoms with van der Waals surface area (Å²) in [5, 5.41) is 0.276. The molecule has 0 aromatic heterocycles. The quantitative estimate of drug-likeness (QED) is 0.578. The number of alkyl halides is 1. The first kappa shape index (κ1) is 12.3. The Hall–Kier alpha value is -0.700. The van der Waals surface area contributed by atoms with Crippen LogP contribution in [0.4, 0.5) is 4.39 Å². The van der Waals surface area contributed by atoms with Crippen molar-refractivity contribution < 1.29 is 9.18 Å². The van der Waals surface area contributed by atoms with Gasteiger partial charge >= 0.3 is 0 Å². The Bertz CT molecular complexity index is 256. The summed E-state index contributed by atoms with van der Waals surface area (Å²) in [6, 6.07) is 5.49. The van der Waals surface area contributed by atoms with E-state index in [1.807, 2.05) is 13.8 Å². The fourth-order valence-electron chi connectivity index (χ4n) is 0.713. The van der Waals surface area contributed by atoms with Gasteiger partial charge in [-0.25, -0.2) is 4.39 Å². The number of carbonyl (C=O) groups is 1. The van der Waals surface area contributed by atoms with Crippen LogP contribution in [-0.4, -0.2) is 11.1 Å². The van der Waals surface area contributed by atoms with Crippen molar-refractivity contribution in [2.45, 2.75) is 13.8 Å². The molecule has 1 aromatic rings. The van der Waals surface area contributed by atoms with E-state index in [1.54, 1.807) is 0 Å². The molecule has 0 heterocycles. The van der Waals surface area contributed by atoms with Crippen molar-refractivity contribution in [3.05, 3.63) is 35.6 Å². The molecule has 72 valence electrons. The van der Waals surface area contributed by atoms with Gasteiger partial charge in [-0.05, 0) is 24.3 Å². The largest absolute Gasteiger partial charge is 0.293 e. The average molecular weight is 247 g/mol. The van der Waals surface area contributed by atoms with Crippen LogP contribution in [0.15, 0.2) is 24.3 Å². The second-order valence-electron chi connectivity index (χ2n) is 2.06.